The number of esters is 1. The first-order valence-electron chi connectivity index (χ1n) is 8.22. The molecular formula is C20H17NO3S. The van der Waals surface area contributed by atoms with Crippen molar-refractivity contribution in [1.29, 1.82) is 0 Å². The highest BCUT2D eigenvalue weighted by Crippen LogP contribution is 2.29. The van der Waals surface area contributed by atoms with Gasteiger partial charge in [-0.3, -0.25) is 4.79 Å². The second-order valence-corrected chi connectivity index (χ2v) is 7.15. The van der Waals surface area contributed by atoms with Crippen molar-refractivity contribution in [2.45, 2.75) is 19.4 Å². The number of anilines is 1. The number of para-hydroxylation sites is 1. The van der Waals surface area contributed by atoms with E-state index >= 15 is 0 Å². The fraction of sp³-hybridized carbons (Fsp3) is 0.200. The van der Waals surface area contributed by atoms with Crippen LogP contribution < -0.4 is 4.90 Å². The number of ether oxygens (including phenoxy) is 1. The van der Waals surface area contributed by atoms with Crippen LogP contribution in [0.15, 0.2) is 54.6 Å². The molecule has 0 unspecified atom stereocenters. The Morgan fingerprint density at radius 3 is 2.72 bits per heavy atom. The average Bonchev–Trinajstić information content (AvgIpc) is 3.25. The van der Waals surface area contributed by atoms with Crippen molar-refractivity contribution in [3.05, 3.63) is 65.0 Å². The summed E-state index contributed by atoms with van der Waals surface area (Å²) in [6.07, 6.45) is 0.0164. The zero-order valence-corrected chi connectivity index (χ0v) is 14.6. The molecule has 2 heterocycles. The van der Waals surface area contributed by atoms with E-state index in [0.29, 0.717) is 11.4 Å². The van der Waals surface area contributed by atoms with Gasteiger partial charge in [0.15, 0.2) is 6.10 Å². The molecule has 25 heavy (non-hydrogen) atoms. The zero-order chi connectivity index (χ0) is 17.4. The molecule has 0 aliphatic carbocycles. The van der Waals surface area contributed by atoms with Crippen LogP contribution in [0, 0.1) is 0 Å². The highest BCUT2D eigenvalue weighted by atomic mass is 32.1. The maximum absolute atomic E-state index is 12.7. The molecule has 4 rings (SSSR count). The topological polar surface area (TPSA) is 46.6 Å². The molecule has 4 nitrogen and oxygen atoms in total. The first-order chi connectivity index (χ1) is 12.1. The Labute approximate surface area is 149 Å². The summed E-state index contributed by atoms with van der Waals surface area (Å²) in [5, 5.41) is 1.01. The number of fused-ring (bicyclic) bond motifs is 2. The van der Waals surface area contributed by atoms with Gasteiger partial charge in [0, 0.05) is 16.9 Å². The minimum atomic E-state index is -0.816. The number of carbonyl (C=O) groups excluding carboxylic acids is 2. The van der Waals surface area contributed by atoms with Crippen LogP contribution in [0.3, 0.4) is 0 Å². The summed E-state index contributed by atoms with van der Waals surface area (Å²) in [7, 11) is 0. The Morgan fingerprint density at radius 2 is 1.88 bits per heavy atom. The number of nitrogens with zero attached hydrogens (tertiary/aromatic N) is 1. The van der Waals surface area contributed by atoms with Crippen molar-refractivity contribution in [1.82, 2.24) is 0 Å². The number of rotatable bonds is 3. The predicted octanol–water partition coefficient (Wildman–Crippen LogP) is 4.04. The lowest BCUT2D eigenvalue weighted by molar-refractivity contribution is -0.126. The van der Waals surface area contributed by atoms with Gasteiger partial charge in [0.1, 0.15) is 4.88 Å². The molecule has 0 bridgehead atoms. The SMILES string of the molecule is C[C@@H](OC(=O)c1cc2ccccc2s1)C(=O)N1CCc2ccccc21. The molecule has 1 atom stereocenters. The minimum absolute atomic E-state index is 0.181. The monoisotopic (exact) mass is 351 g/mol. The summed E-state index contributed by atoms with van der Waals surface area (Å²) >= 11 is 1.38. The molecule has 0 saturated carbocycles. The molecule has 126 valence electrons. The first kappa shape index (κ1) is 15.8. The van der Waals surface area contributed by atoms with Crippen LogP contribution in [-0.4, -0.2) is 24.5 Å². The Kier molecular flexibility index (Phi) is 4.01. The van der Waals surface area contributed by atoms with Crippen LogP contribution in [-0.2, 0) is 16.0 Å². The average molecular weight is 351 g/mol. The standard InChI is InChI=1S/C20H17NO3S/c1-13(19(22)21-11-10-14-6-2-4-8-16(14)21)24-20(23)18-12-15-7-3-5-9-17(15)25-18/h2-9,12-13H,10-11H2,1H3/t13-/m1/s1. The smallest absolute Gasteiger partial charge is 0.349 e. The Hall–Kier alpha value is -2.66. The summed E-state index contributed by atoms with van der Waals surface area (Å²) in [5.41, 5.74) is 2.07. The van der Waals surface area contributed by atoms with Crippen molar-refractivity contribution in [3.63, 3.8) is 0 Å². The van der Waals surface area contributed by atoms with Crippen LogP contribution in [0.2, 0.25) is 0 Å². The maximum Gasteiger partial charge on any atom is 0.349 e. The number of hydrogen-bond acceptors (Lipinski definition) is 4. The van der Waals surface area contributed by atoms with Crippen LogP contribution >= 0.6 is 11.3 Å². The highest BCUT2D eigenvalue weighted by molar-refractivity contribution is 7.20. The Morgan fingerprint density at radius 1 is 1.12 bits per heavy atom. The third-order valence-electron chi connectivity index (χ3n) is 4.41. The molecule has 3 aromatic rings. The van der Waals surface area contributed by atoms with Crippen molar-refractivity contribution >= 4 is 39.0 Å². The normalized spacial score (nSPS) is 14.4. The van der Waals surface area contributed by atoms with E-state index in [1.54, 1.807) is 11.8 Å². The summed E-state index contributed by atoms with van der Waals surface area (Å²) in [4.78, 5) is 27.3. The lowest BCUT2D eigenvalue weighted by atomic mass is 10.2. The molecule has 0 N–H and O–H groups in total. The lowest BCUT2D eigenvalue weighted by Gasteiger charge is -2.21. The fourth-order valence-corrected chi connectivity index (χ4v) is 4.08. The van der Waals surface area contributed by atoms with Gasteiger partial charge in [-0.15, -0.1) is 11.3 Å². The van der Waals surface area contributed by atoms with Gasteiger partial charge in [-0.25, -0.2) is 4.79 Å². The lowest BCUT2D eigenvalue weighted by Crippen LogP contribution is -2.39. The molecule has 1 aromatic heterocycles. The predicted molar refractivity (Wildman–Crippen MR) is 99.2 cm³/mol. The van der Waals surface area contributed by atoms with Gasteiger partial charge >= 0.3 is 5.97 Å². The van der Waals surface area contributed by atoms with Gasteiger partial charge in [-0.05, 0) is 42.5 Å². The van der Waals surface area contributed by atoms with E-state index in [9.17, 15) is 9.59 Å². The number of thiophene rings is 1. The summed E-state index contributed by atoms with van der Waals surface area (Å²) < 4.78 is 6.47. The van der Waals surface area contributed by atoms with Crippen molar-refractivity contribution in [2.75, 3.05) is 11.4 Å². The molecule has 0 saturated heterocycles. The summed E-state index contributed by atoms with van der Waals surface area (Å²) in [6.45, 7) is 2.26. The van der Waals surface area contributed by atoms with Crippen LogP contribution in [0.1, 0.15) is 22.2 Å². The molecule has 0 spiro atoms. The van der Waals surface area contributed by atoms with Crippen LogP contribution in [0.4, 0.5) is 5.69 Å². The number of carbonyl (C=O) groups is 2. The Balaban J connectivity index is 1.49. The van der Waals surface area contributed by atoms with Crippen molar-refractivity contribution in [2.24, 2.45) is 0 Å². The first-order valence-corrected chi connectivity index (χ1v) is 9.04. The molecule has 1 aliphatic rings. The summed E-state index contributed by atoms with van der Waals surface area (Å²) in [6, 6.07) is 17.4. The molecule has 2 aromatic carbocycles. The molecule has 1 amide bonds. The van der Waals surface area contributed by atoms with Crippen molar-refractivity contribution in [3.8, 4) is 0 Å². The minimum Gasteiger partial charge on any atom is -0.448 e. The van der Waals surface area contributed by atoms with Gasteiger partial charge < -0.3 is 9.64 Å². The fourth-order valence-electron chi connectivity index (χ4n) is 3.14. The highest BCUT2D eigenvalue weighted by Gasteiger charge is 2.30. The van der Waals surface area contributed by atoms with E-state index in [1.807, 2.05) is 54.6 Å². The maximum atomic E-state index is 12.7. The number of hydrogen-bond donors (Lipinski definition) is 0. The van der Waals surface area contributed by atoms with E-state index < -0.39 is 12.1 Å². The molecular weight excluding hydrogens is 334 g/mol. The van der Waals surface area contributed by atoms with Gasteiger partial charge in [0.25, 0.3) is 5.91 Å². The quantitative estimate of drug-likeness (QED) is 0.669. The third kappa shape index (κ3) is 2.91. The van der Waals surface area contributed by atoms with Gasteiger partial charge in [0.05, 0.1) is 0 Å². The van der Waals surface area contributed by atoms with E-state index in [1.165, 1.54) is 11.3 Å². The van der Waals surface area contributed by atoms with Crippen molar-refractivity contribution < 1.29 is 14.3 Å². The number of amides is 1. The van der Waals surface area contributed by atoms with E-state index in [0.717, 1.165) is 27.8 Å². The molecule has 0 fully saturated rings. The van der Waals surface area contributed by atoms with E-state index in [4.69, 9.17) is 4.74 Å². The molecule has 0 radical (unpaired) electrons. The molecule has 5 heteroatoms. The van der Waals surface area contributed by atoms with Gasteiger partial charge in [-0.2, -0.15) is 0 Å². The zero-order valence-electron chi connectivity index (χ0n) is 13.8. The Bertz CT molecular complexity index is 929. The second-order valence-electron chi connectivity index (χ2n) is 6.06. The largest absolute Gasteiger partial charge is 0.448 e. The molecule has 1 aliphatic heterocycles. The van der Waals surface area contributed by atoms with E-state index in [-0.39, 0.29) is 5.91 Å². The van der Waals surface area contributed by atoms with E-state index in [2.05, 4.69) is 0 Å². The second kappa shape index (κ2) is 6.33. The van der Waals surface area contributed by atoms with Crippen LogP contribution in [0.25, 0.3) is 10.1 Å². The van der Waals surface area contributed by atoms with Crippen LogP contribution in [0.5, 0.6) is 0 Å². The number of benzene rings is 2. The van der Waals surface area contributed by atoms with Gasteiger partial charge in [-0.1, -0.05) is 36.4 Å². The summed E-state index contributed by atoms with van der Waals surface area (Å²) in [5.74, 6) is -0.631. The third-order valence-corrected chi connectivity index (χ3v) is 5.51. The van der Waals surface area contributed by atoms with Gasteiger partial charge in [0.2, 0.25) is 0 Å².